The molecule has 22 heavy (non-hydrogen) atoms. The third kappa shape index (κ3) is 3.44. The largest absolute Gasteiger partial charge is 0.438 e. The van der Waals surface area contributed by atoms with Gasteiger partial charge < -0.3 is 9.32 Å². The van der Waals surface area contributed by atoms with E-state index in [1.807, 2.05) is 42.5 Å². The maximum absolute atomic E-state index is 10.8. The average molecular weight is 291 g/mol. The van der Waals surface area contributed by atoms with Crippen LogP contribution < -0.4 is 4.90 Å². The van der Waals surface area contributed by atoms with Gasteiger partial charge in [-0.3, -0.25) is 4.79 Å². The van der Waals surface area contributed by atoms with Crippen LogP contribution in [0.3, 0.4) is 0 Å². The minimum absolute atomic E-state index is 0.348. The molecule has 0 saturated heterocycles. The molecule has 0 aliphatic heterocycles. The highest BCUT2D eigenvalue weighted by Crippen LogP contribution is 2.22. The van der Waals surface area contributed by atoms with Gasteiger partial charge in [0.2, 0.25) is 0 Å². The molecule has 0 bridgehead atoms. The van der Waals surface area contributed by atoms with Crippen LogP contribution in [0.15, 0.2) is 77.2 Å². The van der Waals surface area contributed by atoms with Crippen molar-refractivity contribution in [1.29, 1.82) is 0 Å². The van der Waals surface area contributed by atoms with Crippen molar-refractivity contribution in [1.82, 2.24) is 0 Å². The summed E-state index contributed by atoms with van der Waals surface area (Å²) in [5, 5.41) is 0. The van der Waals surface area contributed by atoms with Crippen molar-refractivity contribution in [3.05, 3.63) is 89.7 Å². The summed E-state index contributed by atoms with van der Waals surface area (Å²) in [6, 6.07) is 24.0. The smallest absolute Gasteiger partial charge is 0.196 e. The second-order valence-electron chi connectivity index (χ2n) is 5.12. The van der Waals surface area contributed by atoms with E-state index in [2.05, 4.69) is 29.2 Å². The Morgan fingerprint density at radius 2 is 1.32 bits per heavy atom. The highest BCUT2D eigenvalue weighted by atomic mass is 16.4. The molecular formula is C19H17NO2. The van der Waals surface area contributed by atoms with Crippen LogP contribution in [-0.2, 0) is 13.1 Å². The van der Waals surface area contributed by atoms with E-state index in [1.165, 1.54) is 11.1 Å². The molecular weight excluding hydrogens is 274 g/mol. The molecule has 3 aromatic rings. The molecule has 0 spiro atoms. The summed E-state index contributed by atoms with van der Waals surface area (Å²) in [7, 11) is 0. The third-order valence-corrected chi connectivity index (χ3v) is 3.47. The lowest BCUT2D eigenvalue weighted by molar-refractivity contribution is 0.110. The Labute approximate surface area is 129 Å². The molecule has 0 aliphatic carbocycles. The van der Waals surface area contributed by atoms with Crippen LogP contribution in [0.5, 0.6) is 0 Å². The van der Waals surface area contributed by atoms with Gasteiger partial charge in [-0.25, -0.2) is 0 Å². The van der Waals surface area contributed by atoms with Gasteiger partial charge >= 0.3 is 0 Å². The Kier molecular flexibility index (Phi) is 4.35. The van der Waals surface area contributed by atoms with Gasteiger partial charge in [0, 0.05) is 19.2 Å². The minimum atomic E-state index is 0.348. The highest BCUT2D eigenvalue weighted by Gasteiger charge is 2.12. The predicted octanol–water partition coefficient (Wildman–Crippen LogP) is 4.30. The quantitative estimate of drug-likeness (QED) is 0.635. The second-order valence-corrected chi connectivity index (χ2v) is 5.12. The topological polar surface area (TPSA) is 33.5 Å². The fourth-order valence-corrected chi connectivity index (χ4v) is 2.39. The van der Waals surface area contributed by atoms with E-state index >= 15 is 0 Å². The molecule has 0 N–H and O–H groups in total. The van der Waals surface area contributed by atoms with E-state index in [4.69, 9.17) is 4.42 Å². The number of carbonyl (C=O) groups excluding carboxylic acids is 1. The van der Waals surface area contributed by atoms with Crippen LogP contribution in [0, 0.1) is 0 Å². The third-order valence-electron chi connectivity index (χ3n) is 3.47. The van der Waals surface area contributed by atoms with Crippen LogP contribution in [0.2, 0.25) is 0 Å². The summed E-state index contributed by atoms with van der Waals surface area (Å²) in [5.41, 5.74) is 2.39. The standard InChI is InChI=1S/C19H17NO2/c21-15-18-11-12-19(22-18)20(13-16-7-3-1-4-8-16)14-17-9-5-2-6-10-17/h1-12,15H,13-14H2. The first-order valence-electron chi connectivity index (χ1n) is 7.23. The van der Waals surface area contributed by atoms with Crippen molar-refractivity contribution in [2.45, 2.75) is 13.1 Å². The molecule has 0 radical (unpaired) electrons. The normalized spacial score (nSPS) is 10.4. The monoisotopic (exact) mass is 291 g/mol. The van der Waals surface area contributed by atoms with Crippen molar-refractivity contribution in [2.24, 2.45) is 0 Å². The van der Waals surface area contributed by atoms with E-state index in [9.17, 15) is 4.79 Å². The first kappa shape index (κ1) is 14.1. The Morgan fingerprint density at radius 3 is 1.77 bits per heavy atom. The Bertz CT molecular complexity index is 678. The molecule has 0 amide bonds. The number of carbonyl (C=O) groups is 1. The van der Waals surface area contributed by atoms with Crippen molar-refractivity contribution < 1.29 is 9.21 Å². The number of hydrogen-bond acceptors (Lipinski definition) is 3. The van der Waals surface area contributed by atoms with Gasteiger partial charge in [-0.1, -0.05) is 60.7 Å². The van der Waals surface area contributed by atoms with Crippen molar-refractivity contribution in [3.63, 3.8) is 0 Å². The fourth-order valence-electron chi connectivity index (χ4n) is 2.39. The van der Waals surface area contributed by atoms with E-state index in [0.29, 0.717) is 11.6 Å². The Balaban J connectivity index is 1.86. The molecule has 1 heterocycles. The zero-order valence-electron chi connectivity index (χ0n) is 12.2. The van der Waals surface area contributed by atoms with Crippen molar-refractivity contribution in [3.8, 4) is 0 Å². The summed E-state index contributed by atoms with van der Waals surface area (Å²) in [4.78, 5) is 13.0. The Morgan fingerprint density at radius 1 is 0.773 bits per heavy atom. The van der Waals surface area contributed by atoms with Crippen LogP contribution in [0.25, 0.3) is 0 Å². The lowest BCUT2D eigenvalue weighted by Gasteiger charge is -2.22. The maximum atomic E-state index is 10.8. The van der Waals surface area contributed by atoms with E-state index in [-0.39, 0.29) is 0 Å². The number of anilines is 1. The molecule has 0 fully saturated rings. The number of nitrogens with zero attached hydrogens (tertiary/aromatic N) is 1. The zero-order valence-corrected chi connectivity index (χ0v) is 12.2. The summed E-state index contributed by atoms with van der Waals surface area (Å²) in [6.07, 6.45) is 0.729. The van der Waals surface area contributed by atoms with Gasteiger partial charge in [0.15, 0.2) is 17.9 Å². The van der Waals surface area contributed by atoms with E-state index in [0.717, 1.165) is 19.4 Å². The molecule has 1 aromatic heterocycles. The molecule has 0 aliphatic rings. The molecule has 110 valence electrons. The van der Waals surface area contributed by atoms with Gasteiger partial charge in [0.1, 0.15) is 0 Å². The minimum Gasteiger partial charge on any atom is -0.438 e. The van der Waals surface area contributed by atoms with Crippen molar-refractivity contribution in [2.75, 3.05) is 4.90 Å². The van der Waals surface area contributed by atoms with Crippen LogP contribution in [0.1, 0.15) is 21.7 Å². The molecule has 3 nitrogen and oxygen atoms in total. The van der Waals surface area contributed by atoms with Gasteiger partial charge in [0.25, 0.3) is 0 Å². The van der Waals surface area contributed by atoms with Gasteiger partial charge in [0.05, 0.1) is 0 Å². The molecule has 0 saturated carbocycles. The van der Waals surface area contributed by atoms with Crippen molar-refractivity contribution >= 4 is 12.2 Å². The number of rotatable bonds is 6. The van der Waals surface area contributed by atoms with Crippen LogP contribution in [0.4, 0.5) is 5.88 Å². The predicted molar refractivity (Wildman–Crippen MR) is 86.9 cm³/mol. The van der Waals surface area contributed by atoms with Gasteiger partial charge in [-0.15, -0.1) is 0 Å². The Hall–Kier alpha value is -2.81. The molecule has 2 aromatic carbocycles. The summed E-state index contributed by atoms with van der Waals surface area (Å²) >= 11 is 0. The maximum Gasteiger partial charge on any atom is 0.196 e. The SMILES string of the molecule is O=Cc1ccc(N(Cc2ccccc2)Cc2ccccc2)o1. The van der Waals surface area contributed by atoms with Crippen LogP contribution >= 0.6 is 0 Å². The summed E-state index contributed by atoms with van der Waals surface area (Å²) in [5.74, 6) is 1.05. The lowest BCUT2D eigenvalue weighted by atomic mass is 10.1. The lowest BCUT2D eigenvalue weighted by Crippen LogP contribution is -2.21. The average Bonchev–Trinajstić information content (AvgIpc) is 3.05. The molecule has 0 unspecified atom stereocenters. The number of benzene rings is 2. The molecule has 0 atom stereocenters. The first-order valence-corrected chi connectivity index (χ1v) is 7.23. The number of aldehydes is 1. The van der Waals surface area contributed by atoms with E-state index in [1.54, 1.807) is 6.07 Å². The molecule has 3 rings (SSSR count). The van der Waals surface area contributed by atoms with Gasteiger partial charge in [-0.2, -0.15) is 0 Å². The summed E-state index contributed by atoms with van der Waals surface area (Å²) in [6.45, 7) is 1.45. The fraction of sp³-hybridized carbons (Fsp3) is 0.105. The number of hydrogen-bond donors (Lipinski definition) is 0. The first-order chi connectivity index (χ1) is 10.8. The van der Waals surface area contributed by atoms with Crippen LogP contribution in [-0.4, -0.2) is 6.29 Å². The van der Waals surface area contributed by atoms with E-state index < -0.39 is 0 Å². The van der Waals surface area contributed by atoms with Gasteiger partial charge in [-0.05, 0) is 17.2 Å². The number of furan rings is 1. The zero-order chi connectivity index (χ0) is 15.2. The molecule has 3 heteroatoms. The second kappa shape index (κ2) is 6.76. The highest BCUT2D eigenvalue weighted by molar-refractivity contribution is 5.71. The summed E-state index contributed by atoms with van der Waals surface area (Å²) < 4.78 is 5.60.